The lowest BCUT2D eigenvalue weighted by atomic mass is 10.0. The molecule has 35 heavy (non-hydrogen) atoms. The highest BCUT2D eigenvalue weighted by molar-refractivity contribution is 6.35. The predicted molar refractivity (Wildman–Crippen MR) is 141 cm³/mol. The quantitative estimate of drug-likeness (QED) is 0.515. The van der Waals surface area contributed by atoms with Gasteiger partial charge in [0.2, 0.25) is 11.8 Å². The van der Waals surface area contributed by atoms with E-state index in [4.69, 9.17) is 28.2 Å². The summed E-state index contributed by atoms with van der Waals surface area (Å²) in [7, 11) is 1.97. The van der Waals surface area contributed by atoms with Gasteiger partial charge in [-0.3, -0.25) is 14.6 Å². The molecule has 1 aliphatic rings. The van der Waals surface area contributed by atoms with Gasteiger partial charge in [0, 0.05) is 33.9 Å². The summed E-state index contributed by atoms with van der Waals surface area (Å²) in [6.45, 7) is 2.13. The molecule has 0 radical (unpaired) electrons. The molecule has 4 rings (SSSR count). The summed E-state index contributed by atoms with van der Waals surface area (Å²) in [5.41, 5.74) is 4.45. The number of aliphatic imine (C=N–C) groups is 1. The maximum Gasteiger partial charge on any atom is 0.243 e. The zero-order chi connectivity index (χ0) is 24.9. The summed E-state index contributed by atoms with van der Waals surface area (Å²) in [6.07, 6.45) is -0.453. The number of hydrogen-bond donors (Lipinski definition) is 2. The molecule has 180 valence electrons. The first-order chi connectivity index (χ1) is 16.8. The average molecular weight is 509 g/mol. The molecule has 0 aliphatic carbocycles. The molecule has 0 aromatic heterocycles. The van der Waals surface area contributed by atoms with Crippen LogP contribution < -0.4 is 15.5 Å². The molecule has 6 nitrogen and oxygen atoms in total. The van der Waals surface area contributed by atoms with Gasteiger partial charge < -0.3 is 15.5 Å². The SMILES string of the molecule is C[C@H](NC(=O)Cc1ccc(Cl)cc1Cl)C(=O)N[C@@H]1CN(C)c2ccccc2C(c2ccccc2)=N1. The largest absolute Gasteiger partial charge is 0.370 e. The Morgan fingerprint density at radius 2 is 1.77 bits per heavy atom. The fourth-order valence-electron chi connectivity index (χ4n) is 4.02. The highest BCUT2D eigenvalue weighted by Gasteiger charge is 2.25. The third kappa shape index (κ3) is 6.02. The van der Waals surface area contributed by atoms with Gasteiger partial charge in [-0.05, 0) is 30.7 Å². The minimum absolute atomic E-state index is 0.0470. The third-order valence-electron chi connectivity index (χ3n) is 5.80. The Hall–Kier alpha value is -3.35. The van der Waals surface area contributed by atoms with Gasteiger partial charge in [0.1, 0.15) is 12.2 Å². The number of hydrogen-bond acceptors (Lipinski definition) is 4. The number of carbonyl (C=O) groups is 2. The fourth-order valence-corrected chi connectivity index (χ4v) is 4.50. The summed E-state index contributed by atoms with van der Waals surface area (Å²) in [5.74, 6) is -0.628. The highest BCUT2D eigenvalue weighted by atomic mass is 35.5. The number of benzene rings is 3. The Kier molecular flexibility index (Phi) is 7.73. The van der Waals surface area contributed by atoms with Gasteiger partial charge in [-0.1, -0.05) is 77.8 Å². The van der Waals surface area contributed by atoms with Crippen LogP contribution in [0.15, 0.2) is 77.8 Å². The van der Waals surface area contributed by atoms with Crippen LogP contribution >= 0.6 is 23.2 Å². The summed E-state index contributed by atoms with van der Waals surface area (Å²) in [5, 5.41) is 6.64. The first-order valence-corrected chi connectivity index (χ1v) is 12.0. The van der Waals surface area contributed by atoms with Gasteiger partial charge in [0.15, 0.2) is 0 Å². The predicted octanol–water partition coefficient (Wildman–Crippen LogP) is 4.47. The Bertz CT molecular complexity index is 1260. The van der Waals surface area contributed by atoms with Crippen LogP contribution in [-0.2, 0) is 16.0 Å². The number of rotatable bonds is 6. The molecule has 0 spiro atoms. The Morgan fingerprint density at radius 1 is 1.06 bits per heavy atom. The highest BCUT2D eigenvalue weighted by Crippen LogP contribution is 2.26. The number of halogens is 2. The Labute approximate surface area is 215 Å². The minimum atomic E-state index is -0.750. The Morgan fingerprint density at radius 3 is 2.51 bits per heavy atom. The lowest BCUT2D eigenvalue weighted by Gasteiger charge is -2.24. The van der Waals surface area contributed by atoms with Crippen molar-refractivity contribution in [1.29, 1.82) is 0 Å². The third-order valence-corrected chi connectivity index (χ3v) is 6.38. The zero-order valence-corrected chi connectivity index (χ0v) is 21.0. The van der Waals surface area contributed by atoms with E-state index in [-0.39, 0.29) is 18.2 Å². The van der Waals surface area contributed by atoms with E-state index < -0.39 is 12.2 Å². The van der Waals surface area contributed by atoms with Crippen molar-refractivity contribution in [2.75, 3.05) is 18.5 Å². The molecule has 2 atom stereocenters. The van der Waals surface area contributed by atoms with Gasteiger partial charge >= 0.3 is 0 Å². The monoisotopic (exact) mass is 508 g/mol. The van der Waals surface area contributed by atoms with Crippen molar-refractivity contribution < 1.29 is 9.59 Å². The summed E-state index contributed by atoms with van der Waals surface area (Å²) in [6, 6.07) is 22.2. The molecular formula is C27H26Cl2N4O2. The topological polar surface area (TPSA) is 73.8 Å². The van der Waals surface area contributed by atoms with Crippen LogP contribution in [0.1, 0.15) is 23.6 Å². The van der Waals surface area contributed by atoms with Crippen LogP contribution in [0.3, 0.4) is 0 Å². The van der Waals surface area contributed by atoms with E-state index in [1.165, 1.54) is 0 Å². The molecule has 0 fully saturated rings. The van der Waals surface area contributed by atoms with Crippen LogP contribution in [0.2, 0.25) is 10.0 Å². The van der Waals surface area contributed by atoms with E-state index in [1.54, 1.807) is 25.1 Å². The number of nitrogens with zero attached hydrogens (tertiary/aromatic N) is 2. The van der Waals surface area contributed by atoms with Gasteiger partial charge in [0.05, 0.1) is 18.7 Å². The van der Waals surface area contributed by atoms with Crippen LogP contribution in [-0.4, -0.2) is 43.3 Å². The van der Waals surface area contributed by atoms with Crippen molar-refractivity contribution in [2.24, 2.45) is 4.99 Å². The van der Waals surface area contributed by atoms with Crippen LogP contribution in [0.4, 0.5) is 5.69 Å². The second-order valence-electron chi connectivity index (χ2n) is 8.47. The second-order valence-corrected chi connectivity index (χ2v) is 9.31. The first-order valence-electron chi connectivity index (χ1n) is 11.3. The molecule has 0 saturated carbocycles. The summed E-state index contributed by atoms with van der Waals surface area (Å²) < 4.78 is 0. The number of nitrogens with one attached hydrogen (secondary N) is 2. The lowest BCUT2D eigenvalue weighted by molar-refractivity contribution is -0.128. The molecule has 8 heteroatoms. The second kappa shape index (κ2) is 10.9. The number of carbonyl (C=O) groups excluding carboxylic acids is 2. The smallest absolute Gasteiger partial charge is 0.243 e. The first kappa shape index (κ1) is 24.8. The molecule has 2 N–H and O–H groups in total. The van der Waals surface area contributed by atoms with Crippen molar-refractivity contribution in [3.05, 3.63) is 99.5 Å². The van der Waals surface area contributed by atoms with E-state index in [0.29, 0.717) is 22.2 Å². The van der Waals surface area contributed by atoms with E-state index in [0.717, 1.165) is 22.5 Å². The molecule has 1 aliphatic heterocycles. The number of likely N-dealkylation sites (N-methyl/N-ethyl adjacent to an activating group) is 1. The molecule has 3 aromatic carbocycles. The van der Waals surface area contributed by atoms with Gasteiger partial charge in [-0.2, -0.15) is 0 Å². The van der Waals surface area contributed by atoms with Gasteiger partial charge in [-0.25, -0.2) is 0 Å². The van der Waals surface area contributed by atoms with Crippen LogP contribution in [0.5, 0.6) is 0 Å². The molecule has 0 saturated heterocycles. The fraction of sp³-hybridized carbons (Fsp3) is 0.222. The molecule has 2 amide bonds. The number of benzodiazepines with no additional fused rings is 1. The van der Waals surface area contributed by atoms with Crippen LogP contribution in [0.25, 0.3) is 0 Å². The van der Waals surface area contributed by atoms with E-state index in [9.17, 15) is 9.59 Å². The van der Waals surface area contributed by atoms with Gasteiger partial charge in [-0.15, -0.1) is 0 Å². The lowest BCUT2D eigenvalue weighted by Crippen LogP contribution is -2.50. The standard InChI is InChI=1S/C27H26Cl2N4O2/c1-17(30-25(34)14-19-12-13-20(28)15-22(19)29)27(35)32-24-16-33(2)23-11-7-6-10-21(23)26(31-24)18-8-4-3-5-9-18/h3-13,15,17,24H,14,16H2,1-2H3,(H,30,34)(H,32,35)/t17-,24+/m0/s1. The van der Waals surface area contributed by atoms with E-state index in [2.05, 4.69) is 15.5 Å². The zero-order valence-electron chi connectivity index (χ0n) is 19.5. The maximum absolute atomic E-state index is 13.0. The van der Waals surface area contributed by atoms with Crippen molar-refractivity contribution in [2.45, 2.75) is 25.6 Å². The summed E-state index contributed by atoms with van der Waals surface area (Å²) >= 11 is 12.1. The van der Waals surface area contributed by atoms with Crippen molar-refractivity contribution in [3.63, 3.8) is 0 Å². The number of para-hydroxylation sites is 1. The maximum atomic E-state index is 13.0. The molecule has 1 heterocycles. The van der Waals surface area contributed by atoms with E-state index in [1.807, 2.05) is 61.6 Å². The minimum Gasteiger partial charge on any atom is -0.370 e. The van der Waals surface area contributed by atoms with Gasteiger partial charge in [0.25, 0.3) is 0 Å². The van der Waals surface area contributed by atoms with Crippen molar-refractivity contribution >= 4 is 46.4 Å². The molecule has 0 bridgehead atoms. The number of amides is 2. The molecule has 0 unspecified atom stereocenters. The average Bonchev–Trinajstić information content (AvgIpc) is 2.98. The summed E-state index contributed by atoms with van der Waals surface area (Å²) in [4.78, 5) is 32.5. The molecular weight excluding hydrogens is 483 g/mol. The Balaban J connectivity index is 1.48. The number of fused-ring (bicyclic) bond motifs is 1. The van der Waals surface area contributed by atoms with Crippen molar-refractivity contribution in [3.8, 4) is 0 Å². The number of anilines is 1. The van der Waals surface area contributed by atoms with Crippen LogP contribution in [0, 0.1) is 0 Å². The normalized spacial score (nSPS) is 15.9. The van der Waals surface area contributed by atoms with E-state index >= 15 is 0 Å². The molecule has 3 aromatic rings. The van der Waals surface area contributed by atoms with Crippen molar-refractivity contribution in [1.82, 2.24) is 10.6 Å².